The van der Waals surface area contributed by atoms with Gasteiger partial charge < -0.3 is 5.32 Å². The summed E-state index contributed by atoms with van der Waals surface area (Å²) in [7, 11) is -3.48. The van der Waals surface area contributed by atoms with Crippen LogP contribution in [0.1, 0.15) is 18.9 Å². The lowest BCUT2D eigenvalue weighted by Crippen LogP contribution is -2.34. The summed E-state index contributed by atoms with van der Waals surface area (Å²) < 4.78 is 25.5. The topological polar surface area (TPSA) is 63.2 Å². The molecule has 0 aliphatic carbocycles. The molecule has 0 saturated heterocycles. The summed E-state index contributed by atoms with van der Waals surface area (Å²) in [6.07, 6.45) is 1.18. The van der Waals surface area contributed by atoms with Gasteiger partial charge in [0.15, 0.2) is 9.84 Å². The van der Waals surface area contributed by atoms with Gasteiger partial charge in [-0.05, 0) is 43.5 Å². The monoisotopic (exact) mass is 409 g/mol. The first-order valence-electron chi connectivity index (χ1n) is 7.70. The van der Waals surface area contributed by atoms with Crippen molar-refractivity contribution in [1.82, 2.24) is 0 Å². The Morgan fingerprint density at radius 3 is 2.50 bits per heavy atom. The second kappa shape index (κ2) is 8.44. The summed E-state index contributed by atoms with van der Waals surface area (Å²) in [5, 5.41) is 1.57. The number of amides is 1. The van der Waals surface area contributed by atoms with E-state index in [1.54, 1.807) is 18.2 Å². The molecular formula is C18H20BrNO3S. The summed E-state index contributed by atoms with van der Waals surface area (Å²) in [5.41, 5.74) is 1.67. The molecule has 1 amide bonds. The van der Waals surface area contributed by atoms with Gasteiger partial charge in [0.2, 0.25) is 5.91 Å². The molecule has 2 aromatic carbocycles. The van der Waals surface area contributed by atoms with E-state index in [2.05, 4.69) is 21.2 Å². The van der Waals surface area contributed by atoms with Crippen LogP contribution in [0.2, 0.25) is 0 Å². The first-order valence-corrected chi connectivity index (χ1v) is 10.2. The number of benzene rings is 2. The van der Waals surface area contributed by atoms with Crippen LogP contribution < -0.4 is 5.32 Å². The summed E-state index contributed by atoms with van der Waals surface area (Å²) in [6.45, 7) is 1.44. The minimum absolute atomic E-state index is 0.00499. The second-order valence-corrected chi connectivity index (χ2v) is 8.95. The van der Waals surface area contributed by atoms with E-state index in [-0.39, 0.29) is 5.75 Å². The number of hydrogen-bond acceptors (Lipinski definition) is 3. The van der Waals surface area contributed by atoms with Crippen LogP contribution in [0, 0.1) is 0 Å². The molecular weight excluding hydrogens is 390 g/mol. The van der Waals surface area contributed by atoms with Crippen molar-refractivity contribution in [3.05, 3.63) is 64.6 Å². The predicted molar refractivity (Wildman–Crippen MR) is 101 cm³/mol. The molecule has 0 fully saturated rings. The van der Waals surface area contributed by atoms with Crippen LogP contribution in [0.5, 0.6) is 0 Å². The molecule has 0 saturated carbocycles. The van der Waals surface area contributed by atoms with Gasteiger partial charge in [0.05, 0.1) is 5.75 Å². The highest BCUT2D eigenvalue weighted by Gasteiger charge is 2.27. The highest BCUT2D eigenvalue weighted by atomic mass is 79.9. The quantitative estimate of drug-likeness (QED) is 0.755. The van der Waals surface area contributed by atoms with Crippen molar-refractivity contribution in [3.63, 3.8) is 0 Å². The molecule has 6 heteroatoms. The molecule has 1 N–H and O–H groups in total. The van der Waals surface area contributed by atoms with Crippen LogP contribution in [0.3, 0.4) is 0 Å². The molecule has 2 rings (SSSR count). The molecule has 0 spiro atoms. The Balaban J connectivity index is 1.91. The second-order valence-electron chi connectivity index (χ2n) is 5.60. The van der Waals surface area contributed by atoms with E-state index in [1.165, 1.54) is 6.92 Å². The fourth-order valence-corrected chi connectivity index (χ4v) is 3.96. The number of hydrogen-bond donors (Lipinski definition) is 1. The number of aryl methyl sites for hydroxylation is 1. The molecule has 4 nitrogen and oxygen atoms in total. The van der Waals surface area contributed by atoms with Crippen LogP contribution in [0.4, 0.5) is 5.69 Å². The minimum Gasteiger partial charge on any atom is -0.325 e. The van der Waals surface area contributed by atoms with E-state index in [4.69, 9.17) is 0 Å². The largest absolute Gasteiger partial charge is 0.325 e. The van der Waals surface area contributed by atoms with Crippen LogP contribution in [-0.4, -0.2) is 25.3 Å². The van der Waals surface area contributed by atoms with Crippen molar-refractivity contribution in [1.29, 1.82) is 0 Å². The normalized spacial score (nSPS) is 12.6. The van der Waals surface area contributed by atoms with Gasteiger partial charge in [-0.25, -0.2) is 8.42 Å². The third-order valence-electron chi connectivity index (χ3n) is 3.74. The zero-order valence-electron chi connectivity index (χ0n) is 13.4. The third-order valence-corrected chi connectivity index (χ3v) is 6.38. The van der Waals surface area contributed by atoms with Gasteiger partial charge >= 0.3 is 0 Å². The fraction of sp³-hybridized carbons (Fsp3) is 0.278. The highest BCUT2D eigenvalue weighted by Crippen LogP contribution is 2.17. The number of halogens is 1. The van der Waals surface area contributed by atoms with Crippen molar-refractivity contribution in [2.75, 3.05) is 11.1 Å². The molecule has 1 atom stereocenters. The van der Waals surface area contributed by atoms with E-state index >= 15 is 0 Å². The lowest BCUT2D eigenvalue weighted by atomic mass is 10.1. The molecule has 2 aromatic rings. The van der Waals surface area contributed by atoms with Gasteiger partial charge in [-0.1, -0.05) is 52.3 Å². The van der Waals surface area contributed by atoms with Crippen molar-refractivity contribution >= 4 is 37.4 Å². The van der Waals surface area contributed by atoms with E-state index in [0.29, 0.717) is 18.5 Å². The van der Waals surface area contributed by atoms with E-state index < -0.39 is 21.0 Å². The first-order chi connectivity index (χ1) is 11.4. The van der Waals surface area contributed by atoms with E-state index in [9.17, 15) is 13.2 Å². The van der Waals surface area contributed by atoms with Gasteiger partial charge in [-0.2, -0.15) is 0 Å². The number of carbonyl (C=O) groups is 1. The number of anilines is 1. The van der Waals surface area contributed by atoms with Gasteiger partial charge in [-0.15, -0.1) is 0 Å². The molecule has 0 aliphatic rings. The Morgan fingerprint density at radius 2 is 1.83 bits per heavy atom. The summed E-state index contributed by atoms with van der Waals surface area (Å²) in [5.74, 6) is -0.512. The summed E-state index contributed by atoms with van der Waals surface area (Å²) in [6, 6.07) is 16.8. The predicted octanol–water partition coefficient (Wildman–Crippen LogP) is 3.82. The molecule has 0 radical (unpaired) electrons. The molecule has 0 bridgehead atoms. The summed E-state index contributed by atoms with van der Waals surface area (Å²) >= 11 is 3.32. The van der Waals surface area contributed by atoms with Crippen LogP contribution in [-0.2, 0) is 21.1 Å². The van der Waals surface area contributed by atoms with Crippen LogP contribution in [0.25, 0.3) is 0 Å². The van der Waals surface area contributed by atoms with Crippen molar-refractivity contribution < 1.29 is 13.2 Å². The molecule has 0 aliphatic heterocycles. The number of carbonyl (C=O) groups excluding carboxylic acids is 1. The van der Waals surface area contributed by atoms with E-state index in [0.717, 1.165) is 10.0 Å². The van der Waals surface area contributed by atoms with Crippen LogP contribution >= 0.6 is 15.9 Å². The van der Waals surface area contributed by atoms with Crippen molar-refractivity contribution in [2.24, 2.45) is 0 Å². The fourth-order valence-electron chi connectivity index (χ4n) is 2.27. The lowest BCUT2D eigenvalue weighted by molar-refractivity contribution is -0.115. The third kappa shape index (κ3) is 5.46. The Hall–Kier alpha value is -1.66. The smallest absolute Gasteiger partial charge is 0.242 e. The lowest BCUT2D eigenvalue weighted by Gasteiger charge is -2.13. The number of sulfone groups is 1. The molecule has 24 heavy (non-hydrogen) atoms. The number of rotatable bonds is 7. The molecule has 0 aromatic heterocycles. The van der Waals surface area contributed by atoms with Gasteiger partial charge in [0.1, 0.15) is 5.25 Å². The van der Waals surface area contributed by atoms with Crippen molar-refractivity contribution in [2.45, 2.75) is 25.0 Å². The minimum atomic E-state index is -3.48. The van der Waals surface area contributed by atoms with Crippen LogP contribution in [0.15, 0.2) is 59.1 Å². The Labute approximate surface area is 151 Å². The highest BCUT2D eigenvalue weighted by molar-refractivity contribution is 9.10. The van der Waals surface area contributed by atoms with E-state index in [1.807, 2.05) is 36.4 Å². The van der Waals surface area contributed by atoms with Gasteiger partial charge in [0.25, 0.3) is 0 Å². The zero-order chi connectivity index (χ0) is 17.6. The Bertz CT molecular complexity index is 791. The van der Waals surface area contributed by atoms with Gasteiger partial charge in [-0.3, -0.25) is 4.79 Å². The maximum absolute atomic E-state index is 12.3. The SMILES string of the molecule is CC(C(=O)Nc1cccc(Br)c1)S(=O)(=O)CCCc1ccccc1. The molecule has 0 heterocycles. The van der Waals surface area contributed by atoms with Gasteiger partial charge in [0, 0.05) is 10.2 Å². The Morgan fingerprint density at radius 1 is 1.12 bits per heavy atom. The van der Waals surface area contributed by atoms with Crippen molar-refractivity contribution in [3.8, 4) is 0 Å². The zero-order valence-corrected chi connectivity index (χ0v) is 15.8. The average Bonchev–Trinajstić information content (AvgIpc) is 2.55. The number of nitrogens with one attached hydrogen (secondary N) is 1. The standard InChI is InChI=1S/C18H20BrNO3S/c1-14(18(21)20-17-11-5-10-16(19)13-17)24(22,23)12-6-9-15-7-3-2-4-8-15/h2-5,7-8,10-11,13-14H,6,9,12H2,1H3,(H,20,21). The first kappa shape index (κ1) is 18.7. The summed E-state index contributed by atoms with van der Waals surface area (Å²) in [4.78, 5) is 12.2. The Kier molecular flexibility index (Phi) is 6.57. The molecule has 1 unspecified atom stereocenters. The maximum Gasteiger partial charge on any atom is 0.242 e. The molecule has 128 valence electrons. The average molecular weight is 410 g/mol. The maximum atomic E-state index is 12.3.